The van der Waals surface area contributed by atoms with E-state index < -0.39 is 40.8 Å². The molecule has 1 unspecified atom stereocenters. The lowest BCUT2D eigenvalue weighted by molar-refractivity contribution is -0.147. The Morgan fingerprint density at radius 1 is 1.20 bits per heavy atom. The molecule has 1 atom stereocenters. The number of nitrogens with zero attached hydrogens (tertiary/aromatic N) is 3. The highest BCUT2D eigenvalue weighted by molar-refractivity contribution is 5.95. The molecule has 1 aliphatic rings. The van der Waals surface area contributed by atoms with Crippen LogP contribution >= 0.6 is 0 Å². The molecule has 1 aromatic carbocycles. The molecule has 0 saturated carbocycles. The van der Waals surface area contributed by atoms with E-state index in [1.165, 1.54) is 31.1 Å². The van der Waals surface area contributed by atoms with Crippen molar-refractivity contribution in [3.63, 3.8) is 0 Å². The standard InChI is InChI=1S/C20H20F3N3O4/c1-12-10-16(27)17(18(28)25-9-4-3-8-15(25)19(29)30-2)24-26(12)14-7-5-6-13(11-14)20(21,22)23/h5-7,10-11,15H,3-4,8-9H2,1-2H3. The van der Waals surface area contributed by atoms with Crippen LogP contribution in [0, 0.1) is 6.92 Å². The van der Waals surface area contributed by atoms with Gasteiger partial charge in [-0.2, -0.15) is 18.3 Å². The Bertz CT molecular complexity index is 1030. The number of carbonyl (C=O) groups is 2. The Hall–Kier alpha value is -3.17. The first-order valence-corrected chi connectivity index (χ1v) is 9.31. The minimum Gasteiger partial charge on any atom is -0.467 e. The summed E-state index contributed by atoms with van der Waals surface area (Å²) < 4.78 is 45.1. The van der Waals surface area contributed by atoms with Gasteiger partial charge in [0.1, 0.15) is 6.04 Å². The number of carbonyl (C=O) groups excluding carboxylic acids is 2. The Kier molecular flexibility index (Phi) is 5.95. The quantitative estimate of drug-likeness (QED) is 0.710. The summed E-state index contributed by atoms with van der Waals surface area (Å²) in [6, 6.07) is 4.72. The van der Waals surface area contributed by atoms with Crippen LogP contribution < -0.4 is 5.43 Å². The van der Waals surface area contributed by atoms with E-state index in [1.54, 1.807) is 0 Å². The maximum Gasteiger partial charge on any atom is 0.416 e. The average molecular weight is 423 g/mol. The molecule has 0 bridgehead atoms. The van der Waals surface area contributed by atoms with E-state index >= 15 is 0 Å². The SMILES string of the molecule is COC(=O)C1CCCCN1C(=O)c1nn(-c2cccc(C(F)(F)F)c2)c(C)cc1=O. The molecule has 0 spiro atoms. The number of hydrogen-bond acceptors (Lipinski definition) is 5. The predicted molar refractivity (Wildman–Crippen MR) is 100 cm³/mol. The van der Waals surface area contributed by atoms with Gasteiger partial charge in [-0.05, 0) is 44.4 Å². The molecule has 1 aliphatic heterocycles. The second kappa shape index (κ2) is 8.29. The zero-order chi connectivity index (χ0) is 22.1. The molecule has 0 radical (unpaired) electrons. The fraction of sp³-hybridized carbons (Fsp3) is 0.400. The Labute approximate surface area is 170 Å². The minimum absolute atomic E-state index is 0.0551. The number of methoxy groups -OCH3 is 1. The number of aromatic nitrogens is 2. The van der Waals surface area contributed by atoms with Gasteiger partial charge in [0.05, 0.1) is 18.4 Å². The number of esters is 1. The normalized spacial score (nSPS) is 17.0. The van der Waals surface area contributed by atoms with Gasteiger partial charge in [-0.3, -0.25) is 9.59 Å². The lowest BCUT2D eigenvalue weighted by atomic mass is 10.0. The summed E-state index contributed by atoms with van der Waals surface area (Å²) in [6.07, 6.45) is -2.79. The van der Waals surface area contributed by atoms with Gasteiger partial charge in [0.2, 0.25) is 5.43 Å². The van der Waals surface area contributed by atoms with Crippen molar-refractivity contribution < 1.29 is 27.5 Å². The van der Waals surface area contributed by atoms with Crippen molar-refractivity contribution in [2.24, 2.45) is 0 Å². The Balaban J connectivity index is 2.04. The molecule has 2 aromatic rings. The highest BCUT2D eigenvalue weighted by Gasteiger charge is 2.35. The van der Waals surface area contributed by atoms with Gasteiger partial charge in [-0.15, -0.1) is 0 Å². The summed E-state index contributed by atoms with van der Waals surface area (Å²) in [5.41, 5.74) is -1.70. The first kappa shape index (κ1) is 21.5. The molecule has 0 N–H and O–H groups in total. The van der Waals surface area contributed by atoms with Crippen molar-refractivity contribution in [1.82, 2.24) is 14.7 Å². The predicted octanol–water partition coefficient (Wildman–Crippen LogP) is 2.73. The van der Waals surface area contributed by atoms with E-state index in [4.69, 9.17) is 4.74 Å². The number of alkyl halides is 3. The second-order valence-electron chi connectivity index (χ2n) is 6.99. The molecule has 1 amide bonds. The van der Waals surface area contributed by atoms with Crippen molar-refractivity contribution in [3.05, 3.63) is 57.5 Å². The number of hydrogen-bond donors (Lipinski definition) is 0. The number of rotatable bonds is 3. The number of benzene rings is 1. The summed E-state index contributed by atoms with van der Waals surface area (Å²) in [5, 5.41) is 4.05. The summed E-state index contributed by atoms with van der Waals surface area (Å²) >= 11 is 0. The van der Waals surface area contributed by atoms with E-state index in [2.05, 4.69) is 5.10 Å². The number of likely N-dealkylation sites (tertiary alicyclic amines) is 1. The summed E-state index contributed by atoms with van der Waals surface area (Å²) in [4.78, 5) is 38.8. The molecule has 7 nitrogen and oxygen atoms in total. The minimum atomic E-state index is -4.55. The lowest BCUT2D eigenvalue weighted by Crippen LogP contribution is -2.50. The van der Waals surface area contributed by atoms with Crippen LogP contribution in [0.5, 0.6) is 0 Å². The van der Waals surface area contributed by atoms with Gasteiger partial charge in [0, 0.05) is 18.3 Å². The van der Waals surface area contributed by atoms with Crippen LogP contribution in [0.3, 0.4) is 0 Å². The van der Waals surface area contributed by atoms with Crippen molar-refractivity contribution >= 4 is 11.9 Å². The van der Waals surface area contributed by atoms with Crippen LogP contribution in [0.2, 0.25) is 0 Å². The summed E-state index contributed by atoms with van der Waals surface area (Å²) in [6.45, 7) is 1.75. The monoisotopic (exact) mass is 423 g/mol. The van der Waals surface area contributed by atoms with E-state index in [0.717, 1.165) is 29.3 Å². The van der Waals surface area contributed by atoms with Crippen molar-refractivity contribution in [2.75, 3.05) is 13.7 Å². The number of halogens is 3. The third kappa shape index (κ3) is 4.22. The smallest absolute Gasteiger partial charge is 0.416 e. The maximum absolute atomic E-state index is 13.1. The van der Waals surface area contributed by atoms with E-state index in [9.17, 15) is 27.6 Å². The zero-order valence-electron chi connectivity index (χ0n) is 16.4. The fourth-order valence-corrected chi connectivity index (χ4v) is 3.46. The van der Waals surface area contributed by atoms with E-state index in [1.807, 2.05) is 0 Å². The second-order valence-corrected chi connectivity index (χ2v) is 6.99. The summed E-state index contributed by atoms with van der Waals surface area (Å²) in [5.74, 6) is -1.34. The first-order valence-electron chi connectivity index (χ1n) is 9.31. The number of piperidine rings is 1. The van der Waals surface area contributed by atoms with Crippen LogP contribution in [0.1, 0.15) is 41.0 Å². The Morgan fingerprint density at radius 2 is 1.93 bits per heavy atom. The third-order valence-electron chi connectivity index (χ3n) is 4.97. The van der Waals surface area contributed by atoms with Crippen LogP contribution in [0.25, 0.3) is 5.69 Å². The van der Waals surface area contributed by atoms with Gasteiger partial charge < -0.3 is 9.64 Å². The van der Waals surface area contributed by atoms with Gasteiger partial charge >= 0.3 is 12.1 Å². The number of aryl methyl sites for hydroxylation is 1. The van der Waals surface area contributed by atoms with Crippen LogP contribution in [0.4, 0.5) is 13.2 Å². The van der Waals surface area contributed by atoms with E-state index in [0.29, 0.717) is 12.8 Å². The molecule has 0 aliphatic carbocycles. The third-order valence-corrected chi connectivity index (χ3v) is 4.97. The zero-order valence-corrected chi connectivity index (χ0v) is 16.4. The van der Waals surface area contributed by atoms with Crippen molar-refractivity contribution in [1.29, 1.82) is 0 Å². The van der Waals surface area contributed by atoms with Crippen molar-refractivity contribution in [3.8, 4) is 5.69 Å². The summed E-state index contributed by atoms with van der Waals surface area (Å²) in [7, 11) is 1.21. The largest absolute Gasteiger partial charge is 0.467 e. The molecule has 30 heavy (non-hydrogen) atoms. The molecule has 2 heterocycles. The molecule has 1 aromatic heterocycles. The van der Waals surface area contributed by atoms with E-state index in [-0.39, 0.29) is 17.9 Å². The topological polar surface area (TPSA) is 81.5 Å². The molecule has 1 fully saturated rings. The van der Waals surface area contributed by atoms with Crippen LogP contribution in [-0.4, -0.2) is 46.3 Å². The van der Waals surface area contributed by atoms with Crippen LogP contribution in [-0.2, 0) is 15.7 Å². The average Bonchev–Trinajstić information content (AvgIpc) is 2.72. The van der Waals surface area contributed by atoms with Gasteiger partial charge in [0.25, 0.3) is 5.91 Å². The number of ether oxygens (including phenoxy) is 1. The Morgan fingerprint density at radius 3 is 2.60 bits per heavy atom. The lowest BCUT2D eigenvalue weighted by Gasteiger charge is -2.33. The maximum atomic E-state index is 13.1. The highest BCUT2D eigenvalue weighted by atomic mass is 19.4. The van der Waals surface area contributed by atoms with Crippen molar-refractivity contribution in [2.45, 2.75) is 38.4 Å². The highest BCUT2D eigenvalue weighted by Crippen LogP contribution is 2.30. The molecule has 10 heteroatoms. The first-order chi connectivity index (χ1) is 14.1. The van der Waals surface area contributed by atoms with Crippen LogP contribution in [0.15, 0.2) is 35.1 Å². The molecule has 160 valence electrons. The molecular weight excluding hydrogens is 403 g/mol. The fourth-order valence-electron chi connectivity index (χ4n) is 3.46. The van der Waals surface area contributed by atoms with Gasteiger partial charge in [0.15, 0.2) is 5.69 Å². The van der Waals surface area contributed by atoms with Gasteiger partial charge in [-0.1, -0.05) is 6.07 Å². The molecular formula is C20H20F3N3O4. The molecule has 1 saturated heterocycles. The number of amides is 1. The van der Waals surface area contributed by atoms with Gasteiger partial charge in [-0.25, -0.2) is 9.48 Å². The molecule has 3 rings (SSSR count).